The van der Waals surface area contributed by atoms with E-state index in [2.05, 4.69) is 54.6 Å². The largest absolute Gasteiger partial charge is 0.313 e. The second-order valence-corrected chi connectivity index (χ2v) is 5.60. The molecule has 0 fully saturated rings. The molecule has 0 aliphatic heterocycles. The van der Waals surface area contributed by atoms with Crippen LogP contribution in [0.1, 0.15) is 56.3 Å². The first-order valence-electron chi connectivity index (χ1n) is 7.79. The van der Waals surface area contributed by atoms with E-state index in [-0.39, 0.29) is 0 Å². The molecule has 0 saturated heterocycles. The van der Waals surface area contributed by atoms with Gasteiger partial charge in [0.15, 0.2) is 0 Å². The van der Waals surface area contributed by atoms with Crippen molar-refractivity contribution in [2.45, 2.75) is 52.0 Å². The number of fused-ring (bicyclic) bond motifs is 1. The van der Waals surface area contributed by atoms with E-state index in [1.807, 2.05) is 6.92 Å². The van der Waals surface area contributed by atoms with Crippen LogP contribution in [0.25, 0.3) is 10.9 Å². The van der Waals surface area contributed by atoms with Crippen molar-refractivity contribution < 1.29 is 0 Å². The summed E-state index contributed by atoms with van der Waals surface area (Å²) in [5.74, 6) is 0. The maximum Gasteiger partial charge on any atom is 0.0705 e. The standard InChI is InChI=1S/C18H26N2/c1-4-5-6-7-8-17(19-3)15-11-12-18-16(13-15)10-9-14(2)20-18/h9-13,17,19H,4-8H2,1-3H3. The Labute approximate surface area is 122 Å². The summed E-state index contributed by atoms with van der Waals surface area (Å²) in [6.45, 7) is 4.30. The van der Waals surface area contributed by atoms with Crippen molar-refractivity contribution >= 4 is 10.9 Å². The van der Waals surface area contributed by atoms with Crippen LogP contribution in [-0.2, 0) is 0 Å². The van der Waals surface area contributed by atoms with Crippen LogP contribution >= 0.6 is 0 Å². The molecule has 1 atom stereocenters. The molecule has 0 aliphatic carbocycles. The van der Waals surface area contributed by atoms with Gasteiger partial charge in [-0.2, -0.15) is 0 Å². The van der Waals surface area contributed by atoms with Crippen molar-refractivity contribution in [3.8, 4) is 0 Å². The second-order valence-electron chi connectivity index (χ2n) is 5.60. The average Bonchev–Trinajstić information content (AvgIpc) is 2.47. The van der Waals surface area contributed by atoms with Crippen molar-refractivity contribution in [1.29, 1.82) is 0 Å². The second kappa shape index (κ2) is 7.39. The fourth-order valence-electron chi connectivity index (χ4n) is 2.72. The van der Waals surface area contributed by atoms with E-state index in [1.54, 1.807) is 0 Å². The van der Waals surface area contributed by atoms with Gasteiger partial charge in [0.05, 0.1) is 5.52 Å². The molecule has 2 nitrogen and oxygen atoms in total. The minimum Gasteiger partial charge on any atom is -0.313 e. The topological polar surface area (TPSA) is 24.9 Å². The molecule has 108 valence electrons. The zero-order valence-corrected chi connectivity index (χ0v) is 12.9. The Morgan fingerprint density at radius 3 is 2.70 bits per heavy atom. The number of hydrogen-bond acceptors (Lipinski definition) is 2. The number of aromatic nitrogens is 1. The first-order valence-corrected chi connectivity index (χ1v) is 7.79. The Morgan fingerprint density at radius 2 is 1.95 bits per heavy atom. The van der Waals surface area contributed by atoms with E-state index in [4.69, 9.17) is 0 Å². The van der Waals surface area contributed by atoms with Crippen LogP contribution < -0.4 is 5.32 Å². The van der Waals surface area contributed by atoms with Crippen LogP contribution in [0.2, 0.25) is 0 Å². The third kappa shape index (κ3) is 3.80. The van der Waals surface area contributed by atoms with E-state index in [0.717, 1.165) is 11.2 Å². The number of hydrogen-bond donors (Lipinski definition) is 1. The SMILES string of the molecule is CCCCCCC(NC)c1ccc2nc(C)ccc2c1. The number of nitrogens with zero attached hydrogens (tertiary/aromatic N) is 1. The monoisotopic (exact) mass is 270 g/mol. The van der Waals surface area contributed by atoms with Gasteiger partial charge in [0.25, 0.3) is 0 Å². The van der Waals surface area contributed by atoms with Gasteiger partial charge in [0.2, 0.25) is 0 Å². The molecule has 0 radical (unpaired) electrons. The number of benzene rings is 1. The fraction of sp³-hybridized carbons (Fsp3) is 0.500. The maximum absolute atomic E-state index is 4.57. The summed E-state index contributed by atoms with van der Waals surface area (Å²) in [5, 5.41) is 4.69. The lowest BCUT2D eigenvalue weighted by molar-refractivity contribution is 0.505. The molecule has 1 N–H and O–H groups in total. The Bertz CT molecular complexity index is 548. The van der Waals surface area contributed by atoms with Gasteiger partial charge in [-0.25, -0.2) is 0 Å². The van der Waals surface area contributed by atoms with Crippen molar-refractivity contribution in [3.63, 3.8) is 0 Å². The first kappa shape index (κ1) is 15.0. The highest BCUT2D eigenvalue weighted by atomic mass is 14.9. The molecular formula is C18H26N2. The molecule has 1 heterocycles. The smallest absolute Gasteiger partial charge is 0.0705 e. The summed E-state index contributed by atoms with van der Waals surface area (Å²) in [7, 11) is 2.06. The van der Waals surface area contributed by atoms with Gasteiger partial charge in [-0.05, 0) is 44.2 Å². The van der Waals surface area contributed by atoms with E-state index in [1.165, 1.54) is 43.1 Å². The number of nitrogens with one attached hydrogen (secondary N) is 1. The molecule has 1 unspecified atom stereocenters. The number of rotatable bonds is 7. The molecule has 0 saturated carbocycles. The summed E-state index contributed by atoms with van der Waals surface area (Å²) in [4.78, 5) is 4.57. The Hall–Kier alpha value is -1.41. The van der Waals surface area contributed by atoms with Crippen LogP contribution in [0.15, 0.2) is 30.3 Å². The van der Waals surface area contributed by atoms with E-state index in [0.29, 0.717) is 6.04 Å². The summed E-state index contributed by atoms with van der Waals surface area (Å²) in [5.41, 5.74) is 3.55. The third-order valence-electron chi connectivity index (χ3n) is 3.95. The highest BCUT2D eigenvalue weighted by Crippen LogP contribution is 2.23. The molecule has 2 heteroatoms. The molecule has 0 aliphatic rings. The van der Waals surface area contributed by atoms with Crippen LogP contribution in [0.5, 0.6) is 0 Å². The fourth-order valence-corrected chi connectivity index (χ4v) is 2.72. The molecule has 1 aromatic heterocycles. The van der Waals surface area contributed by atoms with Crippen molar-refractivity contribution in [2.24, 2.45) is 0 Å². The lowest BCUT2D eigenvalue weighted by atomic mass is 9.98. The van der Waals surface area contributed by atoms with E-state index >= 15 is 0 Å². The zero-order valence-electron chi connectivity index (χ0n) is 12.9. The number of aryl methyl sites for hydroxylation is 1. The van der Waals surface area contributed by atoms with Gasteiger partial charge >= 0.3 is 0 Å². The maximum atomic E-state index is 4.57. The van der Waals surface area contributed by atoms with Gasteiger partial charge < -0.3 is 5.32 Å². The Balaban J connectivity index is 2.11. The number of unbranched alkanes of at least 4 members (excludes halogenated alkanes) is 3. The quantitative estimate of drug-likeness (QED) is 0.733. The van der Waals surface area contributed by atoms with Crippen molar-refractivity contribution in [1.82, 2.24) is 10.3 Å². The van der Waals surface area contributed by atoms with E-state index < -0.39 is 0 Å². The molecule has 0 spiro atoms. The van der Waals surface area contributed by atoms with Crippen LogP contribution in [0, 0.1) is 6.92 Å². The van der Waals surface area contributed by atoms with Crippen LogP contribution in [0.4, 0.5) is 0 Å². The summed E-state index contributed by atoms with van der Waals surface area (Å²) in [6, 6.07) is 11.4. The molecule has 2 rings (SSSR count). The normalized spacial score (nSPS) is 12.8. The average molecular weight is 270 g/mol. The summed E-state index contributed by atoms with van der Waals surface area (Å²) < 4.78 is 0. The highest BCUT2D eigenvalue weighted by Gasteiger charge is 2.09. The van der Waals surface area contributed by atoms with Crippen molar-refractivity contribution in [2.75, 3.05) is 7.05 Å². The lowest BCUT2D eigenvalue weighted by Gasteiger charge is -2.17. The molecule has 20 heavy (non-hydrogen) atoms. The minimum absolute atomic E-state index is 0.456. The first-order chi connectivity index (χ1) is 9.74. The molecule has 0 bridgehead atoms. The summed E-state index contributed by atoms with van der Waals surface area (Å²) in [6.07, 6.45) is 6.48. The zero-order chi connectivity index (χ0) is 14.4. The number of pyridine rings is 1. The van der Waals surface area contributed by atoms with Crippen LogP contribution in [0.3, 0.4) is 0 Å². The molecule has 0 amide bonds. The predicted molar refractivity (Wildman–Crippen MR) is 87.0 cm³/mol. The highest BCUT2D eigenvalue weighted by molar-refractivity contribution is 5.79. The van der Waals surface area contributed by atoms with Gasteiger partial charge in [0, 0.05) is 17.1 Å². The van der Waals surface area contributed by atoms with Gasteiger partial charge in [-0.3, -0.25) is 4.98 Å². The molecule has 1 aromatic carbocycles. The van der Waals surface area contributed by atoms with Crippen molar-refractivity contribution in [3.05, 3.63) is 41.6 Å². The molecule has 2 aromatic rings. The lowest BCUT2D eigenvalue weighted by Crippen LogP contribution is -2.16. The Kier molecular flexibility index (Phi) is 5.54. The third-order valence-corrected chi connectivity index (χ3v) is 3.95. The van der Waals surface area contributed by atoms with E-state index in [9.17, 15) is 0 Å². The Morgan fingerprint density at radius 1 is 1.10 bits per heavy atom. The van der Waals surface area contributed by atoms with Crippen LogP contribution in [-0.4, -0.2) is 12.0 Å². The van der Waals surface area contributed by atoms with Gasteiger partial charge in [-0.1, -0.05) is 44.7 Å². The predicted octanol–water partition coefficient (Wildman–Crippen LogP) is 4.77. The summed E-state index contributed by atoms with van der Waals surface area (Å²) >= 11 is 0. The van der Waals surface area contributed by atoms with Gasteiger partial charge in [0.1, 0.15) is 0 Å². The molecular weight excluding hydrogens is 244 g/mol. The van der Waals surface area contributed by atoms with Gasteiger partial charge in [-0.15, -0.1) is 0 Å². The minimum atomic E-state index is 0.456.